The van der Waals surface area contributed by atoms with Crippen LogP contribution in [-0.4, -0.2) is 0 Å². The van der Waals surface area contributed by atoms with E-state index >= 15 is 0 Å². The molecule has 0 spiro atoms. The predicted molar refractivity (Wildman–Crippen MR) is 53.6 cm³/mol. The molecule has 1 rings (SSSR count). The zero-order valence-corrected chi connectivity index (χ0v) is 8.04. The highest BCUT2D eigenvalue weighted by atomic mass is 14.9. The van der Waals surface area contributed by atoms with Crippen molar-refractivity contribution in [3.05, 3.63) is 35.7 Å². The molecule has 12 heavy (non-hydrogen) atoms. The predicted octanol–water partition coefficient (Wildman–Crippen LogP) is 3.12. The van der Waals surface area contributed by atoms with Crippen LogP contribution in [0.2, 0.25) is 0 Å². The highest BCUT2D eigenvalue weighted by Gasteiger charge is 2.12. The second kappa shape index (κ2) is 3.61. The molecule has 0 heterocycles. The smallest absolute Gasteiger partial charge is 0.0340 e. The van der Waals surface area contributed by atoms with Crippen LogP contribution in [0.25, 0.3) is 0 Å². The molecule has 0 fully saturated rings. The maximum atomic E-state index is 4.00. The Morgan fingerprint density at radius 3 is 2.42 bits per heavy atom. The Kier molecular flexibility index (Phi) is 2.74. The van der Waals surface area contributed by atoms with Gasteiger partial charge in [0.1, 0.15) is 0 Å². The second-order valence-electron chi connectivity index (χ2n) is 3.50. The topological polar surface area (TPSA) is 12.0 Å². The van der Waals surface area contributed by atoms with Gasteiger partial charge in [0, 0.05) is 11.4 Å². The third kappa shape index (κ3) is 2.00. The Morgan fingerprint density at radius 1 is 1.33 bits per heavy atom. The number of nitrogens with one attached hydrogen (secondary N) is 1. The summed E-state index contributed by atoms with van der Waals surface area (Å²) in [6.45, 7) is 11.9. The summed E-state index contributed by atoms with van der Waals surface area (Å²) in [5.74, 6) is 0. The molecule has 1 aliphatic carbocycles. The summed E-state index contributed by atoms with van der Waals surface area (Å²) in [4.78, 5) is 0. The lowest BCUT2D eigenvalue weighted by atomic mass is 10.1. The van der Waals surface area contributed by atoms with Gasteiger partial charge in [0.05, 0.1) is 0 Å². The highest BCUT2D eigenvalue weighted by molar-refractivity contribution is 5.35. The largest absolute Gasteiger partial charge is 0.360 e. The number of rotatable bonds is 3. The molecule has 0 saturated heterocycles. The summed E-state index contributed by atoms with van der Waals surface area (Å²) in [5.41, 5.74) is 4.89. The minimum Gasteiger partial charge on any atom is -0.360 e. The van der Waals surface area contributed by atoms with Crippen molar-refractivity contribution in [1.82, 2.24) is 5.32 Å². The molecular formula is C11H17N. The SMILES string of the molecule is C=C(C)NC(=C)C1=C(C)CCC1. The van der Waals surface area contributed by atoms with Crippen LogP contribution in [-0.2, 0) is 0 Å². The summed E-state index contributed by atoms with van der Waals surface area (Å²) in [6, 6.07) is 0. The third-order valence-electron chi connectivity index (χ3n) is 2.22. The molecule has 0 aromatic heterocycles. The van der Waals surface area contributed by atoms with E-state index < -0.39 is 0 Å². The van der Waals surface area contributed by atoms with Gasteiger partial charge in [-0.05, 0) is 38.7 Å². The molecule has 0 bridgehead atoms. The molecule has 1 nitrogen and oxygen atoms in total. The minimum absolute atomic E-state index is 0.965. The molecule has 66 valence electrons. The molecule has 1 heteroatoms. The summed E-state index contributed by atoms with van der Waals surface area (Å²) in [6.07, 6.45) is 3.68. The van der Waals surface area contributed by atoms with Crippen molar-refractivity contribution in [1.29, 1.82) is 0 Å². The van der Waals surface area contributed by atoms with E-state index in [2.05, 4.69) is 25.4 Å². The maximum absolute atomic E-state index is 4.00. The van der Waals surface area contributed by atoms with E-state index in [0.717, 1.165) is 11.4 Å². The van der Waals surface area contributed by atoms with E-state index in [9.17, 15) is 0 Å². The van der Waals surface area contributed by atoms with Gasteiger partial charge in [-0.25, -0.2) is 0 Å². The van der Waals surface area contributed by atoms with Crippen LogP contribution >= 0.6 is 0 Å². The number of hydrogen-bond donors (Lipinski definition) is 1. The third-order valence-corrected chi connectivity index (χ3v) is 2.22. The zero-order chi connectivity index (χ0) is 9.14. The van der Waals surface area contributed by atoms with Gasteiger partial charge in [-0.15, -0.1) is 0 Å². The Labute approximate surface area is 74.9 Å². The van der Waals surface area contributed by atoms with Crippen LogP contribution in [0.4, 0.5) is 0 Å². The summed E-state index contributed by atoms with van der Waals surface area (Å²) in [7, 11) is 0. The quantitative estimate of drug-likeness (QED) is 0.674. The van der Waals surface area contributed by atoms with Crippen molar-refractivity contribution < 1.29 is 0 Å². The standard InChI is InChI=1S/C11H17N/c1-8(2)12-10(4)11-7-5-6-9(11)3/h12H,1,4-7H2,2-3H3. The summed E-state index contributed by atoms with van der Waals surface area (Å²) >= 11 is 0. The van der Waals surface area contributed by atoms with E-state index in [1.54, 1.807) is 0 Å². The minimum atomic E-state index is 0.965. The molecule has 0 unspecified atom stereocenters. The molecule has 0 aliphatic heterocycles. The molecule has 0 amide bonds. The molecular weight excluding hydrogens is 146 g/mol. The molecule has 0 aromatic rings. The van der Waals surface area contributed by atoms with Gasteiger partial charge in [0.2, 0.25) is 0 Å². The Hall–Kier alpha value is -0.980. The van der Waals surface area contributed by atoms with Crippen LogP contribution < -0.4 is 5.32 Å². The van der Waals surface area contributed by atoms with Crippen molar-refractivity contribution in [3.8, 4) is 0 Å². The molecule has 0 radical (unpaired) electrons. The van der Waals surface area contributed by atoms with Crippen LogP contribution in [0.5, 0.6) is 0 Å². The van der Waals surface area contributed by atoms with Crippen LogP contribution in [0.15, 0.2) is 35.7 Å². The monoisotopic (exact) mass is 163 g/mol. The van der Waals surface area contributed by atoms with Crippen molar-refractivity contribution in [2.45, 2.75) is 33.1 Å². The molecule has 1 aliphatic rings. The normalized spacial score (nSPS) is 16.5. The first kappa shape index (κ1) is 9.11. The summed E-state index contributed by atoms with van der Waals surface area (Å²) < 4.78 is 0. The van der Waals surface area contributed by atoms with Crippen molar-refractivity contribution >= 4 is 0 Å². The number of hydrogen-bond acceptors (Lipinski definition) is 1. The first-order valence-corrected chi connectivity index (χ1v) is 4.41. The fourth-order valence-electron chi connectivity index (χ4n) is 1.64. The molecule has 1 N–H and O–H groups in total. The fraction of sp³-hybridized carbons (Fsp3) is 0.455. The van der Waals surface area contributed by atoms with Crippen molar-refractivity contribution in [3.63, 3.8) is 0 Å². The van der Waals surface area contributed by atoms with E-state index in [0.29, 0.717) is 0 Å². The van der Waals surface area contributed by atoms with Gasteiger partial charge in [0.15, 0.2) is 0 Å². The Morgan fingerprint density at radius 2 is 2.00 bits per heavy atom. The van der Waals surface area contributed by atoms with Crippen LogP contribution in [0.1, 0.15) is 33.1 Å². The average Bonchev–Trinajstić information content (AvgIpc) is 2.33. The first-order valence-electron chi connectivity index (χ1n) is 4.41. The van der Waals surface area contributed by atoms with Gasteiger partial charge in [-0.1, -0.05) is 18.7 Å². The van der Waals surface area contributed by atoms with Crippen LogP contribution in [0, 0.1) is 0 Å². The Balaban J connectivity index is 2.64. The zero-order valence-electron chi connectivity index (χ0n) is 8.04. The lowest BCUT2D eigenvalue weighted by Crippen LogP contribution is -2.10. The van der Waals surface area contributed by atoms with E-state index in [-0.39, 0.29) is 0 Å². The maximum Gasteiger partial charge on any atom is 0.0340 e. The molecule has 0 atom stereocenters. The first-order chi connectivity index (χ1) is 5.61. The summed E-state index contributed by atoms with van der Waals surface area (Å²) in [5, 5.41) is 3.17. The highest BCUT2D eigenvalue weighted by Crippen LogP contribution is 2.29. The van der Waals surface area contributed by atoms with Crippen molar-refractivity contribution in [2.75, 3.05) is 0 Å². The van der Waals surface area contributed by atoms with Crippen LogP contribution in [0.3, 0.4) is 0 Å². The lowest BCUT2D eigenvalue weighted by molar-refractivity contribution is 0.879. The fourth-order valence-corrected chi connectivity index (χ4v) is 1.64. The Bertz CT molecular complexity index is 246. The van der Waals surface area contributed by atoms with Gasteiger partial charge >= 0.3 is 0 Å². The molecule has 0 aromatic carbocycles. The van der Waals surface area contributed by atoms with Gasteiger partial charge in [-0.2, -0.15) is 0 Å². The lowest BCUT2D eigenvalue weighted by Gasteiger charge is -2.10. The van der Waals surface area contributed by atoms with Crippen molar-refractivity contribution in [2.24, 2.45) is 0 Å². The number of allylic oxidation sites excluding steroid dienone is 3. The average molecular weight is 163 g/mol. The van der Waals surface area contributed by atoms with Gasteiger partial charge in [0.25, 0.3) is 0 Å². The van der Waals surface area contributed by atoms with E-state index in [1.807, 2.05) is 6.92 Å². The van der Waals surface area contributed by atoms with E-state index in [4.69, 9.17) is 0 Å². The van der Waals surface area contributed by atoms with Gasteiger partial charge in [-0.3, -0.25) is 0 Å². The van der Waals surface area contributed by atoms with Gasteiger partial charge < -0.3 is 5.32 Å². The van der Waals surface area contributed by atoms with E-state index in [1.165, 1.54) is 30.4 Å². The molecule has 0 saturated carbocycles. The second-order valence-corrected chi connectivity index (χ2v) is 3.50.